The number of hydrogen-bond donors (Lipinski definition) is 0. The Morgan fingerprint density at radius 1 is 1.36 bits per heavy atom. The quantitative estimate of drug-likeness (QED) is 0.442. The molecule has 0 aromatic carbocycles. The van der Waals surface area contributed by atoms with Gasteiger partial charge in [-0.2, -0.15) is 0 Å². The largest absolute Gasteiger partial charge is 0.591 e. The summed E-state index contributed by atoms with van der Waals surface area (Å²) in [4.78, 5) is 20.3. The van der Waals surface area contributed by atoms with E-state index in [9.17, 15) is 9.35 Å². The number of halogens is 1. The average Bonchev–Trinajstić information content (AvgIpc) is 2.49. The highest BCUT2D eigenvalue weighted by Crippen LogP contribution is 2.25. The minimum atomic E-state index is -1.45. The van der Waals surface area contributed by atoms with Crippen LogP contribution in [-0.4, -0.2) is 58.5 Å². The van der Waals surface area contributed by atoms with E-state index in [0.29, 0.717) is 16.9 Å². The first-order valence-electron chi connectivity index (χ1n) is 7.97. The van der Waals surface area contributed by atoms with Crippen LogP contribution < -0.4 is 4.90 Å². The standard InChI is InChI=1S/C17H27ClN4O2S/c1-11(2)22(8)14-9-12(16(23)21(6)7)13(15(18)20-14)10-19-25(24)17(3,4)5/h9-11H,1-8H3/b19-10+/t25-/m1/s1. The van der Waals surface area contributed by atoms with Crippen molar-refractivity contribution in [3.05, 3.63) is 22.3 Å². The minimum Gasteiger partial charge on any atom is -0.591 e. The second-order valence-electron chi connectivity index (χ2n) is 7.23. The smallest absolute Gasteiger partial charge is 0.254 e. The number of anilines is 1. The molecule has 0 spiro atoms. The fraction of sp³-hybridized carbons (Fsp3) is 0.588. The normalized spacial score (nSPS) is 13.4. The van der Waals surface area contributed by atoms with Crippen molar-refractivity contribution in [3.63, 3.8) is 0 Å². The molecule has 0 aliphatic carbocycles. The Kier molecular flexibility index (Phi) is 7.28. The molecule has 0 aliphatic heterocycles. The number of carbonyl (C=O) groups is 1. The van der Waals surface area contributed by atoms with Crippen molar-refractivity contribution in [2.24, 2.45) is 4.40 Å². The second-order valence-corrected chi connectivity index (χ2v) is 9.52. The third-order valence-electron chi connectivity index (χ3n) is 3.57. The lowest BCUT2D eigenvalue weighted by molar-refractivity contribution is 0.0827. The third kappa shape index (κ3) is 5.59. The van der Waals surface area contributed by atoms with Crippen LogP contribution in [0.2, 0.25) is 5.15 Å². The molecule has 0 saturated heterocycles. The molecular weight excluding hydrogens is 360 g/mol. The van der Waals surface area contributed by atoms with Crippen LogP contribution in [0.3, 0.4) is 0 Å². The summed E-state index contributed by atoms with van der Waals surface area (Å²) < 4.78 is 15.8. The molecule has 0 radical (unpaired) electrons. The zero-order valence-corrected chi connectivity index (χ0v) is 17.7. The number of nitrogens with zero attached hydrogens (tertiary/aromatic N) is 4. The summed E-state index contributed by atoms with van der Waals surface area (Å²) in [5, 5.41) is 0.157. The van der Waals surface area contributed by atoms with E-state index in [0.717, 1.165) is 0 Å². The number of rotatable bonds is 5. The van der Waals surface area contributed by atoms with E-state index in [1.54, 1.807) is 20.2 Å². The van der Waals surface area contributed by atoms with Gasteiger partial charge in [0, 0.05) is 32.7 Å². The number of carbonyl (C=O) groups excluding carboxylic acids is 1. The van der Waals surface area contributed by atoms with Gasteiger partial charge in [0.1, 0.15) is 27.1 Å². The van der Waals surface area contributed by atoms with Gasteiger partial charge in [-0.3, -0.25) is 4.79 Å². The third-order valence-corrected chi connectivity index (χ3v) is 5.21. The molecule has 0 bridgehead atoms. The lowest BCUT2D eigenvalue weighted by Crippen LogP contribution is -2.29. The molecule has 25 heavy (non-hydrogen) atoms. The van der Waals surface area contributed by atoms with Gasteiger partial charge in [-0.05, 0) is 40.7 Å². The van der Waals surface area contributed by atoms with E-state index in [4.69, 9.17) is 11.6 Å². The maximum absolute atomic E-state index is 12.6. The molecule has 1 amide bonds. The summed E-state index contributed by atoms with van der Waals surface area (Å²) in [5.41, 5.74) is 0.751. The van der Waals surface area contributed by atoms with Gasteiger partial charge in [0.25, 0.3) is 5.91 Å². The SMILES string of the molecule is CC(C)N(C)c1cc(C(=O)N(C)C)c(/C=N/[S@+]([O-])C(C)(C)C)c(Cl)n1. The predicted octanol–water partition coefficient (Wildman–Crippen LogP) is 3.16. The molecule has 0 fully saturated rings. The van der Waals surface area contributed by atoms with Crippen molar-refractivity contribution in [1.82, 2.24) is 9.88 Å². The summed E-state index contributed by atoms with van der Waals surface area (Å²) in [6.45, 7) is 9.52. The van der Waals surface area contributed by atoms with Gasteiger partial charge in [-0.1, -0.05) is 16.0 Å². The van der Waals surface area contributed by atoms with Crippen LogP contribution in [0.25, 0.3) is 0 Å². The van der Waals surface area contributed by atoms with E-state index in [1.165, 1.54) is 11.1 Å². The average molecular weight is 387 g/mol. The molecular formula is C17H27ClN4O2S. The van der Waals surface area contributed by atoms with Gasteiger partial charge in [-0.15, -0.1) is 0 Å². The van der Waals surface area contributed by atoms with Gasteiger partial charge in [0.15, 0.2) is 0 Å². The zero-order valence-electron chi connectivity index (χ0n) is 16.1. The molecule has 1 aromatic heterocycles. The minimum absolute atomic E-state index is 0.157. The zero-order chi connectivity index (χ0) is 19.5. The molecule has 140 valence electrons. The first-order chi connectivity index (χ1) is 11.4. The Bertz CT molecular complexity index is 657. The van der Waals surface area contributed by atoms with Crippen molar-refractivity contribution in [1.29, 1.82) is 0 Å². The summed E-state index contributed by atoms with van der Waals surface area (Å²) in [6.07, 6.45) is 1.38. The van der Waals surface area contributed by atoms with Crippen molar-refractivity contribution < 1.29 is 9.35 Å². The Balaban J connectivity index is 3.46. The lowest BCUT2D eigenvalue weighted by atomic mass is 10.1. The predicted molar refractivity (Wildman–Crippen MR) is 106 cm³/mol. The molecule has 0 N–H and O–H groups in total. The van der Waals surface area contributed by atoms with E-state index in [1.807, 2.05) is 46.6 Å². The first-order valence-corrected chi connectivity index (χ1v) is 9.45. The van der Waals surface area contributed by atoms with Crippen molar-refractivity contribution in [3.8, 4) is 0 Å². The van der Waals surface area contributed by atoms with E-state index >= 15 is 0 Å². The van der Waals surface area contributed by atoms with Crippen molar-refractivity contribution >= 4 is 40.9 Å². The van der Waals surface area contributed by atoms with Crippen LogP contribution in [0.1, 0.15) is 50.5 Å². The summed E-state index contributed by atoms with van der Waals surface area (Å²) >= 11 is 4.88. The van der Waals surface area contributed by atoms with Crippen LogP contribution >= 0.6 is 11.6 Å². The van der Waals surface area contributed by atoms with Crippen LogP contribution in [-0.2, 0) is 11.4 Å². The van der Waals surface area contributed by atoms with E-state index < -0.39 is 16.1 Å². The highest BCUT2D eigenvalue weighted by molar-refractivity contribution is 7.91. The topological polar surface area (TPSA) is 71.9 Å². The fourth-order valence-corrected chi connectivity index (χ4v) is 2.51. The van der Waals surface area contributed by atoms with Crippen LogP contribution in [0, 0.1) is 0 Å². The summed E-state index contributed by atoms with van der Waals surface area (Å²) in [7, 11) is 5.21. The Labute approximate surface area is 158 Å². The second kappa shape index (κ2) is 8.38. The van der Waals surface area contributed by atoms with Crippen molar-refractivity contribution in [2.75, 3.05) is 26.0 Å². The number of amides is 1. The number of hydrogen-bond acceptors (Lipinski definition) is 5. The Morgan fingerprint density at radius 3 is 2.36 bits per heavy atom. The van der Waals surface area contributed by atoms with E-state index in [2.05, 4.69) is 9.38 Å². The van der Waals surface area contributed by atoms with Gasteiger partial charge in [0.2, 0.25) is 0 Å². The molecule has 1 heterocycles. The number of aromatic nitrogens is 1. The van der Waals surface area contributed by atoms with E-state index in [-0.39, 0.29) is 17.1 Å². The summed E-state index contributed by atoms with van der Waals surface area (Å²) in [6, 6.07) is 1.88. The monoisotopic (exact) mass is 386 g/mol. The molecule has 0 saturated carbocycles. The molecule has 1 atom stereocenters. The Morgan fingerprint density at radius 2 is 1.92 bits per heavy atom. The highest BCUT2D eigenvalue weighted by atomic mass is 35.5. The maximum atomic E-state index is 12.6. The maximum Gasteiger partial charge on any atom is 0.254 e. The lowest BCUT2D eigenvalue weighted by Gasteiger charge is -2.24. The summed E-state index contributed by atoms with van der Waals surface area (Å²) in [5.74, 6) is 0.380. The van der Waals surface area contributed by atoms with Crippen molar-refractivity contribution in [2.45, 2.75) is 45.4 Å². The van der Waals surface area contributed by atoms with Gasteiger partial charge >= 0.3 is 0 Å². The van der Waals surface area contributed by atoms with Gasteiger partial charge < -0.3 is 14.4 Å². The highest BCUT2D eigenvalue weighted by Gasteiger charge is 2.27. The molecule has 1 aromatic rings. The molecule has 0 unspecified atom stereocenters. The Hall–Kier alpha value is -1.31. The van der Waals surface area contributed by atoms with Gasteiger partial charge in [0.05, 0.1) is 11.8 Å². The first kappa shape index (κ1) is 21.7. The fourth-order valence-electron chi connectivity index (χ4n) is 1.76. The molecule has 1 rings (SSSR count). The number of pyridine rings is 1. The molecule has 8 heteroatoms. The molecule has 0 aliphatic rings. The van der Waals surface area contributed by atoms with Crippen LogP contribution in [0.4, 0.5) is 5.82 Å². The molecule has 6 nitrogen and oxygen atoms in total. The van der Waals surface area contributed by atoms with Crippen LogP contribution in [0.5, 0.6) is 0 Å². The van der Waals surface area contributed by atoms with Gasteiger partial charge in [-0.25, -0.2) is 4.98 Å². The van der Waals surface area contributed by atoms with Crippen LogP contribution in [0.15, 0.2) is 10.5 Å².